The molecule has 2 rings (SSSR count). The number of halogens is 3. The normalized spacial score (nSPS) is 18.8. The minimum atomic E-state index is -4.37. The zero-order chi connectivity index (χ0) is 16.4. The molecule has 0 atom stereocenters. The monoisotopic (exact) mass is 319 g/mol. The van der Waals surface area contributed by atoms with Crippen molar-refractivity contribution in [2.45, 2.75) is 57.2 Å². The van der Waals surface area contributed by atoms with E-state index in [0.717, 1.165) is 32.1 Å². The number of piperidine rings is 1. The van der Waals surface area contributed by atoms with E-state index in [2.05, 4.69) is 14.9 Å². The van der Waals surface area contributed by atoms with E-state index in [0.29, 0.717) is 25.2 Å². The lowest BCUT2D eigenvalue weighted by atomic mass is 9.92. The lowest BCUT2D eigenvalue weighted by Crippen LogP contribution is -2.45. The molecule has 1 aromatic heterocycles. The summed E-state index contributed by atoms with van der Waals surface area (Å²) in [6, 6.07) is 0. The number of aliphatic hydroxyl groups is 1. The Bertz CT molecular complexity index is 475. The Morgan fingerprint density at radius 2 is 1.86 bits per heavy atom. The molecule has 1 saturated heterocycles. The van der Waals surface area contributed by atoms with Crippen LogP contribution in [0.4, 0.5) is 13.2 Å². The molecule has 2 heterocycles. The molecule has 1 aliphatic heterocycles. The summed E-state index contributed by atoms with van der Waals surface area (Å²) in [6.07, 6.45) is -0.574. The third-order valence-electron chi connectivity index (χ3n) is 4.71. The average molecular weight is 319 g/mol. The van der Waals surface area contributed by atoms with Crippen molar-refractivity contribution in [2.75, 3.05) is 19.6 Å². The maximum Gasteiger partial charge on any atom is 0.432 e. The molecular weight excluding hydrogens is 295 g/mol. The lowest BCUT2D eigenvalue weighted by molar-refractivity contribution is -0.141. The van der Waals surface area contributed by atoms with Gasteiger partial charge >= 0.3 is 6.18 Å². The van der Waals surface area contributed by atoms with Gasteiger partial charge in [-0.1, -0.05) is 13.8 Å². The highest BCUT2D eigenvalue weighted by Gasteiger charge is 2.34. The molecule has 0 amide bonds. The summed E-state index contributed by atoms with van der Waals surface area (Å²) >= 11 is 0. The van der Waals surface area contributed by atoms with Crippen molar-refractivity contribution in [1.82, 2.24) is 14.9 Å². The van der Waals surface area contributed by atoms with Crippen LogP contribution in [-0.4, -0.2) is 45.2 Å². The Labute approximate surface area is 128 Å². The minimum Gasteiger partial charge on any atom is -0.389 e. The van der Waals surface area contributed by atoms with Crippen LogP contribution in [0.15, 0.2) is 6.20 Å². The van der Waals surface area contributed by atoms with E-state index in [1.807, 2.05) is 13.8 Å². The van der Waals surface area contributed by atoms with Crippen LogP contribution in [0, 0.1) is 0 Å². The van der Waals surface area contributed by atoms with E-state index in [4.69, 9.17) is 0 Å². The number of hydrogen-bond donors (Lipinski definition) is 2. The fourth-order valence-corrected chi connectivity index (χ4v) is 2.94. The third-order valence-corrected chi connectivity index (χ3v) is 4.71. The molecule has 0 radical (unpaired) electrons. The molecule has 0 unspecified atom stereocenters. The molecule has 0 spiro atoms. The highest BCUT2D eigenvalue weighted by molar-refractivity contribution is 5.09. The first-order valence-corrected chi connectivity index (χ1v) is 7.84. The minimum absolute atomic E-state index is 0.0312. The summed E-state index contributed by atoms with van der Waals surface area (Å²) in [4.78, 5) is 8.49. The third kappa shape index (κ3) is 4.01. The van der Waals surface area contributed by atoms with Crippen LogP contribution in [0.2, 0.25) is 0 Å². The molecule has 22 heavy (non-hydrogen) atoms. The molecule has 0 aromatic carbocycles. The maximum absolute atomic E-state index is 12.6. The molecule has 0 saturated carbocycles. The first-order valence-electron chi connectivity index (χ1n) is 7.84. The van der Waals surface area contributed by atoms with Crippen LogP contribution in [0.1, 0.15) is 57.0 Å². The van der Waals surface area contributed by atoms with E-state index < -0.39 is 17.5 Å². The zero-order valence-electron chi connectivity index (χ0n) is 13.1. The second-order valence-electron chi connectivity index (χ2n) is 6.16. The van der Waals surface area contributed by atoms with Crippen molar-refractivity contribution in [3.8, 4) is 0 Å². The summed E-state index contributed by atoms with van der Waals surface area (Å²) < 4.78 is 37.8. The second kappa shape index (κ2) is 6.58. The summed E-state index contributed by atoms with van der Waals surface area (Å²) in [5, 5.41) is 10.4. The maximum atomic E-state index is 12.6. The quantitative estimate of drug-likeness (QED) is 0.876. The Morgan fingerprint density at radius 1 is 1.27 bits per heavy atom. The van der Waals surface area contributed by atoms with E-state index in [1.165, 1.54) is 0 Å². The number of aromatic nitrogens is 2. The molecule has 7 heteroatoms. The first-order chi connectivity index (χ1) is 10.3. The van der Waals surface area contributed by atoms with Gasteiger partial charge < -0.3 is 15.0 Å². The summed E-state index contributed by atoms with van der Waals surface area (Å²) in [6.45, 7) is 6.11. The molecule has 1 fully saturated rings. The van der Waals surface area contributed by atoms with Gasteiger partial charge in [-0.3, -0.25) is 0 Å². The largest absolute Gasteiger partial charge is 0.432 e. The van der Waals surface area contributed by atoms with Crippen molar-refractivity contribution in [2.24, 2.45) is 0 Å². The van der Waals surface area contributed by atoms with Crippen molar-refractivity contribution in [3.63, 3.8) is 0 Å². The van der Waals surface area contributed by atoms with E-state index in [9.17, 15) is 18.3 Å². The number of aromatic amines is 1. The molecule has 4 nitrogen and oxygen atoms in total. The average Bonchev–Trinajstić information content (AvgIpc) is 2.98. The van der Waals surface area contributed by atoms with Gasteiger partial charge in [-0.15, -0.1) is 0 Å². The van der Waals surface area contributed by atoms with Crippen LogP contribution in [-0.2, 0) is 6.18 Å². The molecule has 2 N–H and O–H groups in total. The number of nitrogens with zero attached hydrogens (tertiary/aromatic N) is 2. The van der Waals surface area contributed by atoms with Crippen molar-refractivity contribution in [1.29, 1.82) is 0 Å². The predicted octanol–water partition coefficient (Wildman–Crippen LogP) is 3.16. The number of rotatable bonds is 5. The number of likely N-dealkylation sites (tertiary alicyclic amines) is 1. The Balaban J connectivity index is 1.91. The Kier molecular flexibility index (Phi) is 5.17. The van der Waals surface area contributed by atoms with Crippen LogP contribution in [0.5, 0.6) is 0 Å². The van der Waals surface area contributed by atoms with Crippen LogP contribution >= 0.6 is 0 Å². The number of nitrogens with one attached hydrogen (secondary N) is 1. The standard InChI is InChI=1S/C15H24F3N3O/c1-3-14(22,4-2)10-21-7-5-11(6-8-21)13-19-9-12(20-13)15(16,17)18/h9,11,22H,3-8,10H2,1-2H3,(H,19,20). The van der Waals surface area contributed by atoms with Crippen LogP contribution in [0.3, 0.4) is 0 Å². The van der Waals surface area contributed by atoms with Crippen LogP contribution in [0.25, 0.3) is 0 Å². The SMILES string of the molecule is CCC(O)(CC)CN1CCC(c2ncc(C(F)(F)F)[nH]2)CC1. The summed E-state index contributed by atoms with van der Waals surface area (Å²) in [5.74, 6) is 0.455. The molecule has 1 aliphatic rings. The van der Waals surface area contributed by atoms with Crippen LogP contribution < -0.4 is 0 Å². The van der Waals surface area contributed by atoms with Gasteiger partial charge in [-0.05, 0) is 38.8 Å². The van der Waals surface area contributed by atoms with Gasteiger partial charge in [0.15, 0.2) is 0 Å². The van der Waals surface area contributed by atoms with Gasteiger partial charge in [-0.25, -0.2) is 4.98 Å². The topological polar surface area (TPSA) is 52.1 Å². The second-order valence-corrected chi connectivity index (χ2v) is 6.16. The lowest BCUT2D eigenvalue weighted by Gasteiger charge is -2.37. The van der Waals surface area contributed by atoms with Crippen molar-refractivity contribution in [3.05, 3.63) is 17.7 Å². The molecule has 0 aliphatic carbocycles. The van der Waals surface area contributed by atoms with Gasteiger partial charge in [-0.2, -0.15) is 13.2 Å². The van der Waals surface area contributed by atoms with Gasteiger partial charge in [0.2, 0.25) is 0 Å². The van der Waals surface area contributed by atoms with Crippen molar-refractivity contribution < 1.29 is 18.3 Å². The van der Waals surface area contributed by atoms with Gasteiger partial charge in [0, 0.05) is 12.5 Å². The fraction of sp³-hybridized carbons (Fsp3) is 0.800. The van der Waals surface area contributed by atoms with E-state index in [1.54, 1.807) is 0 Å². The molecular formula is C15H24F3N3O. The number of β-amino-alcohol motifs (C(OH)–C–C–N with tert-alkyl or cyclic N) is 1. The summed E-state index contributed by atoms with van der Waals surface area (Å²) in [7, 11) is 0. The molecule has 0 bridgehead atoms. The highest BCUT2D eigenvalue weighted by Crippen LogP contribution is 2.32. The molecule has 126 valence electrons. The smallest absolute Gasteiger partial charge is 0.389 e. The number of H-pyrrole nitrogens is 1. The van der Waals surface area contributed by atoms with E-state index >= 15 is 0 Å². The van der Waals surface area contributed by atoms with Gasteiger partial charge in [0.1, 0.15) is 11.5 Å². The number of imidazole rings is 1. The zero-order valence-corrected chi connectivity index (χ0v) is 13.1. The Morgan fingerprint density at radius 3 is 2.32 bits per heavy atom. The Hall–Kier alpha value is -1.08. The number of alkyl halides is 3. The fourth-order valence-electron chi connectivity index (χ4n) is 2.94. The first kappa shape index (κ1) is 17.3. The number of hydrogen-bond acceptors (Lipinski definition) is 3. The van der Waals surface area contributed by atoms with E-state index in [-0.39, 0.29) is 5.92 Å². The van der Waals surface area contributed by atoms with Crippen molar-refractivity contribution >= 4 is 0 Å². The summed E-state index contributed by atoms with van der Waals surface area (Å²) in [5.41, 5.74) is -1.45. The molecule has 1 aromatic rings. The van der Waals surface area contributed by atoms with Gasteiger partial charge in [0.05, 0.1) is 11.8 Å². The highest BCUT2D eigenvalue weighted by atomic mass is 19.4. The van der Waals surface area contributed by atoms with Gasteiger partial charge in [0.25, 0.3) is 0 Å². The predicted molar refractivity (Wildman–Crippen MR) is 77.5 cm³/mol.